The Morgan fingerprint density at radius 2 is 1.41 bits per heavy atom. The van der Waals surface area contributed by atoms with Gasteiger partial charge in [-0.15, -0.1) is 0 Å². The molecule has 0 radical (unpaired) electrons. The lowest BCUT2D eigenvalue weighted by Gasteiger charge is -2.32. The summed E-state index contributed by atoms with van der Waals surface area (Å²) in [5, 5.41) is 12.1. The summed E-state index contributed by atoms with van der Waals surface area (Å²) in [7, 11) is 0. The molecule has 2 aromatic carbocycles. The van der Waals surface area contributed by atoms with Crippen LogP contribution in [0.15, 0.2) is 48.5 Å². The molecule has 0 bridgehead atoms. The Labute approximate surface area is 199 Å². The predicted octanol–water partition coefficient (Wildman–Crippen LogP) is 6.20. The van der Waals surface area contributed by atoms with Gasteiger partial charge in [-0.2, -0.15) is 0 Å². The number of carbonyl (C=O) groups excluding carboxylic acids is 2. The van der Waals surface area contributed by atoms with Crippen molar-refractivity contribution in [3.8, 4) is 0 Å². The van der Waals surface area contributed by atoms with Gasteiger partial charge in [0.1, 0.15) is 6.10 Å². The molecule has 0 saturated carbocycles. The highest BCUT2D eigenvalue weighted by molar-refractivity contribution is 6.30. The summed E-state index contributed by atoms with van der Waals surface area (Å²) in [5.41, 5.74) is 0.800. The van der Waals surface area contributed by atoms with Gasteiger partial charge in [-0.1, -0.05) is 50.4 Å². The maximum absolute atomic E-state index is 12.6. The van der Waals surface area contributed by atoms with Crippen LogP contribution < -0.4 is 0 Å². The summed E-state index contributed by atoms with van der Waals surface area (Å²) in [6.07, 6.45) is 0.715. The van der Waals surface area contributed by atoms with Gasteiger partial charge in [-0.05, 0) is 61.4 Å². The molecule has 0 fully saturated rings. The lowest BCUT2D eigenvalue weighted by Crippen LogP contribution is -2.39. The van der Waals surface area contributed by atoms with Crippen molar-refractivity contribution in [2.45, 2.75) is 52.2 Å². The van der Waals surface area contributed by atoms with E-state index in [-0.39, 0.29) is 18.4 Å². The van der Waals surface area contributed by atoms with Crippen molar-refractivity contribution in [2.75, 3.05) is 6.61 Å². The third-order valence-electron chi connectivity index (χ3n) is 5.55. The Hall–Kier alpha value is -2.08. The van der Waals surface area contributed by atoms with Crippen LogP contribution in [-0.4, -0.2) is 35.9 Å². The summed E-state index contributed by atoms with van der Waals surface area (Å²) in [5.74, 6) is -1.57. The van der Waals surface area contributed by atoms with E-state index in [1.165, 1.54) is 0 Å². The fourth-order valence-electron chi connectivity index (χ4n) is 3.46. The second-order valence-corrected chi connectivity index (χ2v) is 8.74. The first-order valence-electron chi connectivity index (χ1n) is 10.8. The highest BCUT2D eigenvalue weighted by Crippen LogP contribution is 2.26. The van der Waals surface area contributed by atoms with Gasteiger partial charge in [0.15, 0.2) is 0 Å². The van der Waals surface area contributed by atoms with Crippen LogP contribution in [0, 0.1) is 11.8 Å². The number of halogens is 2. The normalized spacial score (nSPS) is 14.8. The van der Waals surface area contributed by atoms with Crippen LogP contribution in [0.3, 0.4) is 0 Å². The summed E-state index contributed by atoms with van der Waals surface area (Å²) < 4.78 is 11.2. The predicted molar refractivity (Wildman–Crippen MR) is 126 cm³/mol. The Balaban J connectivity index is 2.01. The second kappa shape index (κ2) is 12.8. The number of carbonyl (C=O) groups is 2. The summed E-state index contributed by atoms with van der Waals surface area (Å²) >= 11 is 11.7. The van der Waals surface area contributed by atoms with E-state index in [1.54, 1.807) is 48.5 Å². The van der Waals surface area contributed by atoms with Gasteiger partial charge in [0, 0.05) is 21.9 Å². The average Bonchev–Trinajstić information content (AvgIpc) is 2.79. The monoisotopic (exact) mass is 480 g/mol. The van der Waals surface area contributed by atoms with Gasteiger partial charge in [0.2, 0.25) is 0 Å². The highest BCUT2D eigenvalue weighted by atomic mass is 35.5. The zero-order chi connectivity index (χ0) is 23.7. The molecule has 0 spiro atoms. The SMILES string of the molecule is CCC[C@@H](OC(=O)c1ccc(Cl)cc1)[C@@H](C)[C@@H](O)[C@H](CC)COC(=O)c1ccc(Cl)cc1. The number of aliphatic hydroxyl groups is 1. The van der Waals surface area contributed by atoms with E-state index < -0.39 is 24.1 Å². The Bertz CT molecular complexity index is 867. The molecule has 0 unspecified atom stereocenters. The van der Waals surface area contributed by atoms with Gasteiger partial charge in [-0.25, -0.2) is 9.59 Å². The zero-order valence-corrected chi connectivity index (χ0v) is 20.1. The molecule has 32 heavy (non-hydrogen) atoms. The van der Waals surface area contributed by atoms with Crippen LogP contribution in [0.4, 0.5) is 0 Å². The van der Waals surface area contributed by atoms with Gasteiger partial charge >= 0.3 is 11.9 Å². The summed E-state index contributed by atoms with van der Waals surface area (Å²) in [6.45, 7) is 5.83. The number of rotatable bonds is 11. The van der Waals surface area contributed by atoms with E-state index in [0.29, 0.717) is 34.0 Å². The summed E-state index contributed by atoms with van der Waals surface area (Å²) in [6, 6.07) is 12.9. The molecule has 2 aromatic rings. The zero-order valence-electron chi connectivity index (χ0n) is 18.6. The minimum atomic E-state index is -0.812. The van der Waals surface area contributed by atoms with Crippen LogP contribution in [-0.2, 0) is 9.47 Å². The third-order valence-corrected chi connectivity index (χ3v) is 6.06. The minimum absolute atomic E-state index is 0.0629. The molecular formula is C25H30Cl2O5. The Morgan fingerprint density at radius 1 is 0.906 bits per heavy atom. The van der Waals surface area contributed by atoms with Gasteiger partial charge in [0.05, 0.1) is 23.8 Å². The van der Waals surface area contributed by atoms with E-state index in [0.717, 1.165) is 6.42 Å². The molecular weight excluding hydrogens is 451 g/mol. The first-order valence-corrected chi connectivity index (χ1v) is 11.6. The molecule has 0 amide bonds. The van der Waals surface area contributed by atoms with Gasteiger partial charge < -0.3 is 14.6 Å². The quantitative estimate of drug-likeness (QED) is 0.387. The highest BCUT2D eigenvalue weighted by Gasteiger charge is 2.32. The van der Waals surface area contributed by atoms with E-state index in [1.807, 2.05) is 20.8 Å². The fourth-order valence-corrected chi connectivity index (χ4v) is 3.72. The molecule has 174 valence electrons. The first-order chi connectivity index (χ1) is 15.3. The Kier molecular flexibility index (Phi) is 10.5. The molecule has 2 rings (SSSR count). The standard InChI is InChI=1S/C25H30Cl2O5/c1-4-6-22(32-25(30)19-9-13-21(27)14-10-19)16(3)23(28)17(5-2)15-31-24(29)18-7-11-20(26)12-8-18/h7-14,16-17,22-23,28H,4-6,15H2,1-3H3/t16-,17-,22-,23-/m1/s1. The molecule has 0 aliphatic rings. The number of ether oxygens (including phenoxy) is 2. The molecule has 0 saturated heterocycles. The van der Waals surface area contributed by atoms with E-state index >= 15 is 0 Å². The number of hydrogen-bond donors (Lipinski definition) is 1. The number of esters is 2. The molecule has 0 aromatic heterocycles. The van der Waals surface area contributed by atoms with Crippen molar-refractivity contribution in [2.24, 2.45) is 11.8 Å². The van der Waals surface area contributed by atoms with Crippen LogP contribution in [0.25, 0.3) is 0 Å². The molecule has 0 aliphatic carbocycles. The fraction of sp³-hybridized carbons (Fsp3) is 0.440. The minimum Gasteiger partial charge on any atom is -0.462 e. The van der Waals surface area contributed by atoms with Crippen molar-refractivity contribution < 1.29 is 24.2 Å². The van der Waals surface area contributed by atoms with Crippen LogP contribution in [0.1, 0.15) is 60.7 Å². The second-order valence-electron chi connectivity index (χ2n) is 7.86. The van der Waals surface area contributed by atoms with Crippen LogP contribution in [0.5, 0.6) is 0 Å². The smallest absolute Gasteiger partial charge is 0.338 e. The summed E-state index contributed by atoms with van der Waals surface area (Å²) in [4.78, 5) is 24.9. The Morgan fingerprint density at radius 3 is 1.88 bits per heavy atom. The van der Waals surface area contributed by atoms with Gasteiger partial charge in [-0.3, -0.25) is 0 Å². The van der Waals surface area contributed by atoms with Crippen molar-refractivity contribution in [1.82, 2.24) is 0 Å². The maximum Gasteiger partial charge on any atom is 0.338 e. The third kappa shape index (κ3) is 7.51. The van der Waals surface area contributed by atoms with Crippen molar-refractivity contribution in [3.05, 3.63) is 69.7 Å². The van der Waals surface area contributed by atoms with E-state index in [9.17, 15) is 14.7 Å². The largest absolute Gasteiger partial charge is 0.462 e. The van der Waals surface area contributed by atoms with E-state index in [4.69, 9.17) is 32.7 Å². The number of hydrogen-bond acceptors (Lipinski definition) is 5. The topological polar surface area (TPSA) is 72.8 Å². The van der Waals surface area contributed by atoms with Crippen LogP contribution in [0.2, 0.25) is 10.0 Å². The lowest BCUT2D eigenvalue weighted by molar-refractivity contribution is -0.0459. The van der Waals surface area contributed by atoms with Crippen molar-refractivity contribution in [1.29, 1.82) is 0 Å². The van der Waals surface area contributed by atoms with Gasteiger partial charge in [0.25, 0.3) is 0 Å². The molecule has 0 aliphatic heterocycles. The van der Waals surface area contributed by atoms with Crippen LogP contribution >= 0.6 is 23.2 Å². The average molecular weight is 481 g/mol. The number of benzene rings is 2. The maximum atomic E-state index is 12.6. The molecule has 7 heteroatoms. The van der Waals surface area contributed by atoms with Crippen molar-refractivity contribution >= 4 is 35.1 Å². The number of aliphatic hydroxyl groups excluding tert-OH is 1. The van der Waals surface area contributed by atoms with E-state index in [2.05, 4.69) is 0 Å². The molecule has 4 atom stereocenters. The molecule has 5 nitrogen and oxygen atoms in total. The lowest BCUT2D eigenvalue weighted by atomic mass is 9.85. The molecule has 1 N–H and O–H groups in total. The van der Waals surface area contributed by atoms with Crippen molar-refractivity contribution in [3.63, 3.8) is 0 Å². The molecule has 0 heterocycles. The first kappa shape index (κ1) is 26.2.